The number of nitrogens with zero attached hydrogens (tertiary/aromatic N) is 3. The molecular formula is C54H31N3S2. The zero-order valence-corrected chi connectivity index (χ0v) is 33.2. The standard InChI is InChI=1S/C54H31N3S2/c1-3-15-32(16-4-1)49-40-31-48-44(54(43-24-12-14-26-47(43)58-48)41-22-10-7-19-35(41)36-20-8-11-23-42(36)54)30-38(40)39-29-34(27-28-45(39)55-49)50-52-51(37-21-9-13-25-46(37)59-52)57-53(56-50)33-17-5-2-6-18-33/h1-31H. The van der Waals surface area contributed by atoms with Gasteiger partial charge in [0.1, 0.15) is 0 Å². The van der Waals surface area contributed by atoms with Gasteiger partial charge in [0.05, 0.1) is 32.5 Å². The third-order valence-corrected chi connectivity index (χ3v) is 14.6. The van der Waals surface area contributed by atoms with Crippen molar-refractivity contribution in [2.75, 3.05) is 0 Å². The van der Waals surface area contributed by atoms with Gasteiger partial charge in [-0.15, -0.1) is 11.3 Å². The van der Waals surface area contributed by atoms with Gasteiger partial charge in [-0.3, -0.25) is 0 Å². The molecule has 1 aliphatic heterocycles. The van der Waals surface area contributed by atoms with Crippen molar-refractivity contribution in [2.24, 2.45) is 0 Å². The predicted octanol–water partition coefficient (Wildman–Crippen LogP) is 14.4. The lowest BCUT2D eigenvalue weighted by molar-refractivity contribution is 0.724. The van der Waals surface area contributed by atoms with Gasteiger partial charge in [-0.2, -0.15) is 0 Å². The molecular weight excluding hydrogens is 755 g/mol. The molecule has 11 aromatic rings. The first kappa shape index (κ1) is 33.1. The van der Waals surface area contributed by atoms with E-state index in [-0.39, 0.29) is 0 Å². The van der Waals surface area contributed by atoms with E-state index in [1.807, 2.05) is 17.8 Å². The Balaban J connectivity index is 1.15. The second-order valence-electron chi connectivity index (χ2n) is 15.4. The molecule has 3 aromatic heterocycles. The van der Waals surface area contributed by atoms with Crippen LogP contribution in [0, 0.1) is 0 Å². The van der Waals surface area contributed by atoms with Gasteiger partial charge in [-0.25, -0.2) is 15.0 Å². The van der Waals surface area contributed by atoms with E-state index >= 15 is 0 Å². The first-order valence-corrected chi connectivity index (χ1v) is 21.6. The van der Waals surface area contributed by atoms with Crippen molar-refractivity contribution in [1.29, 1.82) is 0 Å². The lowest BCUT2D eigenvalue weighted by Gasteiger charge is -2.40. The second-order valence-corrected chi connectivity index (χ2v) is 17.6. The first-order valence-electron chi connectivity index (χ1n) is 19.9. The highest BCUT2D eigenvalue weighted by Gasteiger charge is 2.50. The largest absolute Gasteiger partial charge is 0.247 e. The summed E-state index contributed by atoms with van der Waals surface area (Å²) in [7, 11) is 0. The summed E-state index contributed by atoms with van der Waals surface area (Å²) >= 11 is 3.64. The van der Waals surface area contributed by atoms with Crippen LogP contribution >= 0.6 is 23.1 Å². The topological polar surface area (TPSA) is 38.7 Å². The predicted molar refractivity (Wildman–Crippen MR) is 245 cm³/mol. The molecule has 5 heteroatoms. The Labute approximate surface area is 348 Å². The zero-order chi connectivity index (χ0) is 38.7. The fourth-order valence-corrected chi connectivity index (χ4v) is 12.2. The summed E-state index contributed by atoms with van der Waals surface area (Å²) in [6.45, 7) is 0. The summed E-state index contributed by atoms with van der Waals surface area (Å²) in [5.41, 5.74) is 14.4. The zero-order valence-electron chi connectivity index (χ0n) is 31.6. The van der Waals surface area contributed by atoms with Gasteiger partial charge in [0.2, 0.25) is 0 Å². The number of benzene rings is 8. The van der Waals surface area contributed by atoms with Crippen molar-refractivity contribution in [3.8, 4) is 45.0 Å². The summed E-state index contributed by atoms with van der Waals surface area (Å²) in [5, 5.41) is 4.58. The van der Waals surface area contributed by atoms with E-state index in [0.29, 0.717) is 0 Å². The van der Waals surface area contributed by atoms with E-state index < -0.39 is 5.41 Å². The smallest absolute Gasteiger partial charge is 0.160 e. The van der Waals surface area contributed by atoms with Crippen LogP contribution in [0.4, 0.5) is 0 Å². The van der Waals surface area contributed by atoms with Crippen LogP contribution in [0.25, 0.3) is 87.0 Å². The van der Waals surface area contributed by atoms with Crippen LogP contribution in [-0.2, 0) is 5.41 Å². The van der Waals surface area contributed by atoms with Crippen LogP contribution in [-0.4, -0.2) is 15.0 Å². The molecule has 13 rings (SSSR count). The number of hydrogen-bond donors (Lipinski definition) is 0. The molecule has 3 nitrogen and oxygen atoms in total. The van der Waals surface area contributed by atoms with Crippen molar-refractivity contribution >= 4 is 65.1 Å². The van der Waals surface area contributed by atoms with Crippen molar-refractivity contribution in [3.05, 3.63) is 210 Å². The SMILES string of the molecule is c1ccc(-c2nc(-c3ccc4nc(-c5ccccc5)c5cc6c(cc5c4c3)C3(c4ccccc4S6)c4ccccc4-c4ccccc43)c3sc4ccccc4c3n2)cc1. The van der Waals surface area contributed by atoms with Crippen LogP contribution in [0.1, 0.15) is 22.3 Å². The molecule has 0 bridgehead atoms. The number of fused-ring (bicyclic) bond motifs is 15. The van der Waals surface area contributed by atoms with Crippen molar-refractivity contribution < 1.29 is 0 Å². The summed E-state index contributed by atoms with van der Waals surface area (Å²) in [4.78, 5) is 18.6. The molecule has 0 atom stereocenters. The molecule has 0 amide bonds. The number of thiophene rings is 1. The van der Waals surface area contributed by atoms with Gasteiger partial charge in [0.25, 0.3) is 0 Å². The minimum Gasteiger partial charge on any atom is -0.247 e. The molecule has 4 heterocycles. The molecule has 8 aromatic carbocycles. The third-order valence-electron chi connectivity index (χ3n) is 12.3. The molecule has 1 spiro atoms. The number of rotatable bonds is 3. The Bertz CT molecular complexity index is 3490. The maximum atomic E-state index is 5.49. The van der Waals surface area contributed by atoms with E-state index in [2.05, 4.69) is 182 Å². The number of aromatic nitrogens is 3. The highest BCUT2D eigenvalue weighted by atomic mass is 32.2. The van der Waals surface area contributed by atoms with Gasteiger partial charge < -0.3 is 0 Å². The number of pyridine rings is 1. The highest BCUT2D eigenvalue weighted by molar-refractivity contribution is 7.99. The molecule has 2 aliphatic rings. The average molecular weight is 786 g/mol. The van der Waals surface area contributed by atoms with Crippen LogP contribution in [0.15, 0.2) is 198 Å². The molecule has 0 saturated carbocycles. The fourth-order valence-electron chi connectivity index (χ4n) is 9.82. The lowest BCUT2D eigenvalue weighted by atomic mass is 9.67. The first-order chi connectivity index (χ1) is 29.2. The molecule has 0 N–H and O–H groups in total. The summed E-state index contributed by atoms with van der Waals surface area (Å²) < 4.78 is 2.29. The second kappa shape index (κ2) is 12.5. The minimum atomic E-state index is -0.487. The van der Waals surface area contributed by atoms with Crippen molar-refractivity contribution in [3.63, 3.8) is 0 Å². The molecule has 59 heavy (non-hydrogen) atoms. The average Bonchev–Trinajstić information content (AvgIpc) is 3.83. The van der Waals surface area contributed by atoms with Gasteiger partial charge in [0, 0.05) is 47.3 Å². The normalized spacial score (nSPS) is 13.5. The van der Waals surface area contributed by atoms with E-state index in [4.69, 9.17) is 15.0 Å². The monoisotopic (exact) mass is 785 g/mol. The summed E-state index contributed by atoms with van der Waals surface area (Å²) in [6.07, 6.45) is 0. The van der Waals surface area contributed by atoms with Gasteiger partial charge in [0.15, 0.2) is 5.82 Å². The van der Waals surface area contributed by atoms with Crippen LogP contribution in [0.3, 0.4) is 0 Å². The van der Waals surface area contributed by atoms with E-state index in [9.17, 15) is 0 Å². The van der Waals surface area contributed by atoms with Crippen molar-refractivity contribution in [1.82, 2.24) is 15.0 Å². The Hall–Kier alpha value is -6.92. The van der Waals surface area contributed by atoms with Crippen molar-refractivity contribution in [2.45, 2.75) is 15.2 Å². The Morgan fingerprint density at radius 3 is 1.83 bits per heavy atom. The highest BCUT2D eigenvalue weighted by Crippen LogP contribution is 2.62. The van der Waals surface area contributed by atoms with Gasteiger partial charge in [-0.05, 0) is 75.2 Å². The lowest BCUT2D eigenvalue weighted by Crippen LogP contribution is -2.32. The fraction of sp³-hybridized carbons (Fsp3) is 0.0185. The van der Waals surface area contributed by atoms with Gasteiger partial charge >= 0.3 is 0 Å². The number of hydrogen-bond acceptors (Lipinski definition) is 5. The molecule has 0 unspecified atom stereocenters. The van der Waals surface area contributed by atoms with Crippen LogP contribution in [0.2, 0.25) is 0 Å². The molecule has 274 valence electrons. The summed E-state index contributed by atoms with van der Waals surface area (Å²) in [6, 6.07) is 68.3. The maximum absolute atomic E-state index is 5.49. The maximum Gasteiger partial charge on any atom is 0.160 e. The Kier molecular flexibility index (Phi) is 7.03. The molecule has 0 saturated heterocycles. The quantitative estimate of drug-likeness (QED) is 0.167. The van der Waals surface area contributed by atoms with E-state index in [1.165, 1.54) is 53.3 Å². The third kappa shape index (κ3) is 4.68. The minimum absolute atomic E-state index is 0.487. The molecule has 0 fully saturated rings. The van der Waals surface area contributed by atoms with E-state index in [0.717, 1.165) is 65.8 Å². The van der Waals surface area contributed by atoms with E-state index in [1.54, 1.807) is 11.3 Å². The van der Waals surface area contributed by atoms with Crippen LogP contribution < -0.4 is 0 Å². The Morgan fingerprint density at radius 1 is 0.390 bits per heavy atom. The summed E-state index contributed by atoms with van der Waals surface area (Å²) in [5.74, 6) is 0.726. The Morgan fingerprint density at radius 2 is 1.05 bits per heavy atom. The van der Waals surface area contributed by atoms with Crippen LogP contribution in [0.5, 0.6) is 0 Å². The van der Waals surface area contributed by atoms with Gasteiger partial charge in [-0.1, -0.05) is 163 Å². The molecule has 1 aliphatic carbocycles. The molecule has 0 radical (unpaired) electrons.